The summed E-state index contributed by atoms with van der Waals surface area (Å²) in [6.45, 7) is 1.67. The van der Waals surface area contributed by atoms with Crippen molar-refractivity contribution in [3.63, 3.8) is 0 Å². The lowest BCUT2D eigenvalue weighted by Crippen LogP contribution is -2.12. The molecule has 0 unspecified atom stereocenters. The van der Waals surface area contributed by atoms with Crippen molar-refractivity contribution in [1.29, 1.82) is 0 Å². The molecule has 2 rings (SSSR count). The van der Waals surface area contributed by atoms with Gasteiger partial charge in [-0.3, -0.25) is 10.1 Å². The van der Waals surface area contributed by atoms with E-state index in [0.29, 0.717) is 4.88 Å². The number of anilines is 1. The Hall–Kier alpha value is -2.23. The fraction of sp³-hybridized carbons (Fsp3) is 0.154. The Morgan fingerprint density at radius 3 is 2.89 bits per heavy atom. The molecular formula is C13H11N3O2S. The molecular weight excluding hydrogens is 262 g/mol. The third-order valence-electron chi connectivity index (χ3n) is 2.21. The number of aryl methyl sites for hydroxylation is 1. The van der Waals surface area contributed by atoms with Gasteiger partial charge < -0.3 is 5.11 Å². The summed E-state index contributed by atoms with van der Waals surface area (Å²) in [6, 6.07) is 3.43. The highest BCUT2D eigenvalue weighted by atomic mass is 32.1. The summed E-state index contributed by atoms with van der Waals surface area (Å²) in [4.78, 5) is 21.1. The van der Waals surface area contributed by atoms with Crippen molar-refractivity contribution < 1.29 is 9.90 Å². The topological polar surface area (TPSA) is 75.1 Å². The summed E-state index contributed by atoms with van der Waals surface area (Å²) in [5.41, 5.74) is 0.907. The maximum Gasteiger partial charge on any atom is 0.268 e. The normalized spacial score (nSPS) is 9.58. The molecule has 2 aromatic rings. The highest BCUT2D eigenvalue weighted by Crippen LogP contribution is 2.21. The molecule has 2 aromatic heterocycles. The molecule has 0 aliphatic carbocycles. The van der Waals surface area contributed by atoms with Gasteiger partial charge >= 0.3 is 0 Å². The molecule has 0 radical (unpaired) electrons. The van der Waals surface area contributed by atoms with E-state index in [-0.39, 0.29) is 18.5 Å². The van der Waals surface area contributed by atoms with E-state index in [1.54, 1.807) is 24.5 Å². The number of nitrogens with one attached hydrogen (secondary N) is 1. The smallest absolute Gasteiger partial charge is 0.268 e. The summed E-state index contributed by atoms with van der Waals surface area (Å²) < 4.78 is 0. The Morgan fingerprint density at radius 2 is 2.21 bits per heavy atom. The first-order chi connectivity index (χ1) is 9.20. The van der Waals surface area contributed by atoms with Crippen molar-refractivity contribution in [2.75, 3.05) is 11.9 Å². The van der Waals surface area contributed by atoms with E-state index >= 15 is 0 Å². The molecule has 0 bridgehead atoms. The fourth-order valence-corrected chi connectivity index (χ4v) is 2.31. The van der Waals surface area contributed by atoms with Crippen LogP contribution in [0.4, 0.5) is 5.95 Å². The van der Waals surface area contributed by atoms with Gasteiger partial charge in [-0.15, -0.1) is 11.3 Å². The second kappa shape index (κ2) is 6.09. The van der Waals surface area contributed by atoms with E-state index in [2.05, 4.69) is 27.1 Å². The van der Waals surface area contributed by atoms with Gasteiger partial charge in [0.25, 0.3) is 5.91 Å². The number of nitrogens with zero attached hydrogens (tertiary/aromatic N) is 2. The molecule has 0 aliphatic heterocycles. The van der Waals surface area contributed by atoms with Gasteiger partial charge in [-0.1, -0.05) is 11.8 Å². The van der Waals surface area contributed by atoms with Gasteiger partial charge in [-0.2, -0.15) is 0 Å². The van der Waals surface area contributed by atoms with E-state index in [4.69, 9.17) is 5.11 Å². The van der Waals surface area contributed by atoms with Gasteiger partial charge in [-0.05, 0) is 24.6 Å². The lowest BCUT2D eigenvalue weighted by molar-refractivity contribution is 0.102. The number of aliphatic hydroxyl groups excluding tert-OH is 1. The predicted molar refractivity (Wildman–Crippen MR) is 73.0 cm³/mol. The molecule has 2 N–H and O–H groups in total. The van der Waals surface area contributed by atoms with Crippen LogP contribution in [0.5, 0.6) is 0 Å². The van der Waals surface area contributed by atoms with Crippen LogP contribution < -0.4 is 5.32 Å². The monoisotopic (exact) mass is 273 g/mol. The Balaban J connectivity index is 2.16. The molecule has 0 saturated carbocycles. The standard InChI is InChI=1S/C13H11N3O2S/c1-9-8-11(19-10(9)4-2-7-17)12(18)16-13-14-5-3-6-15-13/h3,5-6,8,17H,7H2,1H3,(H,14,15,16,18). The van der Waals surface area contributed by atoms with E-state index < -0.39 is 0 Å². The van der Waals surface area contributed by atoms with E-state index in [1.165, 1.54) is 11.3 Å². The Morgan fingerprint density at radius 1 is 1.47 bits per heavy atom. The zero-order chi connectivity index (χ0) is 13.7. The largest absolute Gasteiger partial charge is 0.384 e. The molecule has 0 aromatic carbocycles. The first-order valence-electron chi connectivity index (χ1n) is 5.49. The summed E-state index contributed by atoms with van der Waals surface area (Å²) in [5.74, 6) is 5.37. The molecule has 19 heavy (non-hydrogen) atoms. The molecule has 1 amide bonds. The number of carbonyl (C=O) groups is 1. The molecule has 0 spiro atoms. The van der Waals surface area contributed by atoms with Crippen molar-refractivity contribution in [3.05, 3.63) is 39.8 Å². The van der Waals surface area contributed by atoms with Crippen molar-refractivity contribution in [3.8, 4) is 11.8 Å². The first kappa shape index (κ1) is 13.2. The van der Waals surface area contributed by atoms with Crippen LogP contribution in [0.2, 0.25) is 0 Å². The SMILES string of the molecule is Cc1cc(C(=O)Nc2ncccn2)sc1C#CCO. The maximum atomic E-state index is 12.0. The predicted octanol–water partition coefficient (Wildman–Crippen LogP) is 1.44. The third kappa shape index (κ3) is 3.37. The number of carbonyl (C=O) groups excluding carboxylic acids is 1. The summed E-state index contributed by atoms with van der Waals surface area (Å²) in [6.07, 6.45) is 3.11. The Kier molecular flexibility index (Phi) is 4.23. The van der Waals surface area contributed by atoms with Crippen LogP contribution in [0.3, 0.4) is 0 Å². The van der Waals surface area contributed by atoms with Crippen LogP contribution in [0.1, 0.15) is 20.1 Å². The number of rotatable bonds is 2. The summed E-state index contributed by atoms with van der Waals surface area (Å²) in [7, 11) is 0. The van der Waals surface area contributed by atoms with Gasteiger partial charge in [0.15, 0.2) is 0 Å². The average molecular weight is 273 g/mol. The molecule has 5 nitrogen and oxygen atoms in total. The zero-order valence-corrected chi connectivity index (χ0v) is 11.0. The summed E-state index contributed by atoms with van der Waals surface area (Å²) >= 11 is 1.27. The number of aliphatic hydroxyl groups is 1. The number of amides is 1. The van der Waals surface area contributed by atoms with E-state index in [0.717, 1.165) is 10.4 Å². The van der Waals surface area contributed by atoms with Crippen molar-refractivity contribution in [1.82, 2.24) is 9.97 Å². The number of aromatic nitrogens is 2. The van der Waals surface area contributed by atoms with Gasteiger partial charge in [0.2, 0.25) is 5.95 Å². The molecule has 2 heterocycles. The van der Waals surface area contributed by atoms with Crippen LogP contribution in [-0.4, -0.2) is 27.6 Å². The summed E-state index contributed by atoms with van der Waals surface area (Å²) in [5, 5.41) is 11.3. The number of hydrogen-bond donors (Lipinski definition) is 2. The maximum absolute atomic E-state index is 12.0. The zero-order valence-electron chi connectivity index (χ0n) is 10.2. The minimum atomic E-state index is -0.267. The third-order valence-corrected chi connectivity index (χ3v) is 3.36. The van der Waals surface area contributed by atoms with Crippen LogP contribution in [0.25, 0.3) is 0 Å². The molecule has 6 heteroatoms. The molecule has 0 saturated heterocycles. The van der Waals surface area contributed by atoms with Gasteiger partial charge in [0.1, 0.15) is 6.61 Å². The van der Waals surface area contributed by atoms with Crippen molar-refractivity contribution >= 4 is 23.2 Å². The Bertz CT molecular complexity index is 641. The van der Waals surface area contributed by atoms with Crippen LogP contribution in [-0.2, 0) is 0 Å². The second-order valence-corrected chi connectivity index (χ2v) is 4.66. The van der Waals surface area contributed by atoms with Gasteiger partial charge in [-0.25, -0.2) is 9.97 Å². The fourth-order valence-electron chi connectivity index (χ4n) is 1.36. The van der Waals surface area contributed by atoms with Crippen LogP contribution in [0.15, 0.2) is 24.5 Å². The highest BCUT2D eigenvalue weighted by molar-refractivity contribution is 7.14. The van der Waals surface area contributed by atoms with Gasteiger partial charge in [0, 0.05) is 12.4 Å². The van der Waals surface area contributed by atoms with Crippen LogP contribution >= 0.6 is 11.3 Å². The molecule has 0 fully saturated rings. The minimum absolute atomic E-state index is 0.198. The molecule has 96 valence electrons. The average Bonchev–Trinajstić information content (AvgIpc) is 2.79. The molecule has 0 atom stereocenters. The molecule has 0 aliphatic rings. The van der Waals surface area contributed by atoms with E-state index in [1.807, 2.05) is 6.92 Å². The quantitative estimate of drug-likeness (QED) is 0.812. The lowest BCUT2D eigenvalue weighted by Gasteiger charge is -1.99. The second-order valence-electron chi connectivity index (χ2n) is 3.61. The number of thiophene rings is 1. The number of hydrogen-bond acceptors (Lipinski definition) is 5. The lowest BCUT2D eigenvalue weighted by atomic mass is 10.2. The van der Waals surface area contributed by atoms with E-state index in [9.17, 15) is 4.79 Å². The first-order valence-corrected chi connectivity index (χ1v) is 6.31. The van der Waals surface area contributed by atoms with Crippen LogP contribution in [0, 0.1) is 18.8 Å². The van der Waals surface area contributed by atoms with Crippen molar-refractivity contribution in [2.24, 2.45) is 0 Å². The Labute approximate surface area is 114 Å². The highest BCUT2D eigenvalue weighted by Gasteiger charge is 2.12. The van der Waals surface area contributed by atoms with Gasteiger partial charge in [0.05, 0.1) is 9.75 Å². The van der Waals surface area contributed by atoms with Crippen molar-refractivity contribution in [2.45, 2.75) is 6.92 Å². The minimum Gasteiger partial charge on any atom is -0.384 e.